The van der Waals surface area contributed by atoms with E-state index in [9.17, 15) is 49.4 Å². The lowest BCUT2D eigenvalue weighted by atomic mass is 9.94. The number of methoxy groups -OCH3 is 1. The van der Waals surface area contributed by atoms with E-state index >= 15 is 0 Å². The van der Waals surface area contributed by atoms with Gasteiger partial charge in [0.25, 0.3) is 0 Å². The maximum absolute atomic E-state index is 13.9. The summed E-state index contributed by atoms with van der Waals surface area (Å²) >= 11 is 0. The first-order valence-electron chi connectivity index (χ1n) is 14.6. The lowest BCUT2D eigenvalue weighted by molar-refractivity contribution is -0.143. The average Bonchev–Trinajstić information content (AvgIpc) is 3.05. The number of aliphatic hydroxyl groups excluding tert-OH is 1. The van der Waals surface area contributed by atoms with Crippen LogP contribution >= 0.6 is 0 Å². The number of carboxylic acids is 1. The van der Waals surface area contributed by atoms with Gasteiger partial charge in [-0.15, -0.1) is 0 Å². The van der Waals surface area contributed by atoms with Crippen molar-refractivity contribution in [3.8, 4) is 22.6 Å². The predicted octanol–water partition coefficient (Wildman–Crippen LogP) is 8.15. The minimum Gasteiger partial charge on any atom is -0.496 e. The highest BCUT2D eigenvalue weighted by atomic mass is 19.4. The summed E-state index contributed by atoms with van der Waals surface area (Å²) in [6.45, 7) is -1.78. The summed E-state index contributed by atoms with van der Waals surface area (Å²) in [4.78, 5) is 20.1. The lowest BCUT2D eigenvalue weighted by Gasteiger charge is -2.26. The molecule has 4 rings (SSSR count). The zero-order valence-corrected chi connectivity index (χ0v) is 26.0. The Morgan fingerprint density at radius 3 is 1.92 bits per heavy atom. The van der Waals surface area contributed by atoms with Gasteiger partial charge in [0.2, 0.25) is 5.95 Å². The number of ether oxygens (including phenoxy) is 2. The number of aromatic nitrogens is 2. The van der Waals surface area contributed by atoms with Crippen molar-refractivity contribution in [1.29, 1.82) is 0 Å². The van der Waals surface area contributed by atoms with Gasteiger partial charge < -0.3 is 24.6 Å². The van der Waals surface area contributed by atoms with Crippen molar-refractivity contribution < 1.29 is 64.0 Å². The molecule has 3 aromatic carbocycles. The summed E-state index contributed by atoms with van der Waals surface area (Å²) in [5.41, 5.74) is -4.13. The first-order chi connectivity index (χ1) is 23.4. The minimum absolute atomic E-state index is 0.0443. The van der Waals surface area contributed by atoms with E-state index in [-0.39, 0.29) is 59.7 Å². The Labute approximate surface area is 278 Å². The van der Waals surface area contributed by atoms with Gasteiger partial charge in [-0.05, 0) is 71.1 Å². The molecular formula is C33H28F9N3O5. The fraction of sp³-hybridized carbons (Fsp3) is 0.303. The van der Waals surface area contributed by atoms with Gasteiger partial charge in [-0.25, -0.2) is 9.97 Å². The van der Waals surface area contributed by atoms with Gasteiger partial charge in [-0.1, -0.05) is 12.1 Å². The topological polar surface area (TPSA) is 105 Å². The van der Waals surface area contributed by atoms with Crippen LogP contribution in [0.3, 0.4) is 0 Å². The number of aliphatic hydroxyl groups is 1. The Bertz CT molecular complexity index is 1760. The summed E-state index contributed by atoms with van der Waals surface area (Å²) < 4.78 is 135. The zero-order chi connectivity index (χ0) is 36.9. The molecule has 0 spiro atoms. The number of aliphatic carboxylic acids is 1. The highest BCUT2D eigenvalue weighted by Gasteiger charge is 2.37. The maximum Gasteiger partial charge on any atom is 0.416 e. The van der Waals surface area contributed by atoms with E-state index < -0.39 is 66.4 Å². The van der Waals surface area contributed by atoms with Gasteiger partial charge in [0.05, 0.1) is 49.4 Å². The molecule has 2 N–H and O–H groups in total. The Hall–Kier alpha value is -5.06. The van der Waals surface area contributed by atoms with E-state index in [1.165, 1.54) is 25.3 Å². The van der Waals surface area contributed by atoms with Gasteiger partial charge in [-0.2, -0.15) is 39.5 Å². The number of hydrogen-bond acceptors (Lipinski definition) is 7. The van der Waals surface area contributed by atoms with Crippen molar-refractivity contribution >= 4 is 11.9 Å². The first-order valence-corrected chi connectivity index (χ1v) is 14.6. The van der Waals surface area contributed by atoms with E-state index in [0.717, 1.165) is 35.5 Å². The molecule has 0 aliphatic heterocycles. The standard InChI is InChI=1S/C33H28F9N3O5/c1-49-28-7-4-19(18-46)11-27(28)26-6-5-22(31(34,35)36)12-21(26)17-45(30-43-14-25(15-44-30)50-8-2-3-29(47)48)16-20-9-23(32(37,38)39)13-24(10-20)33(40,41)42/h4-7,9-15,46H,2-3,8,16-18H2,1H3,(H,47,48). The van der Waals surface area contributed by atoms with Crippen LogP contribution in [0.15, 0.2) is 67.0 Å². The number of halogens is 9. The minimum atomic E-state index is -5.17. The molecule has 1 heterocycles. The number of carboxylic acid groups (broad SMARTS) is 1. The highest BCUT2D eigenvalue weighted by molar-refractivity contribution is 5.75. The molecule has 17 heteroatoms. The molecule has 0 amide bonds. The number of benzene rings is 3. The molecule has 0 saturated heterocycles. The fourth-order valence-electron chi connectivity index (χ4n) is 4.92. The Morgan fingerprint density at radius 2 is 1.38 bits per heavy atom. The zero-order valence-electron chi connectivity index (χ0n) is 26.0. The van der Waals surface area contributed by atoms with Crippen LogP contribution in [-0.4, -0.2) is 39.9 Å². The normalized spacial score (nSPS) is 12.1. The van der Waals surface area contributed by atoms with Crippen molar-refractivity contribution in [2.45, 2.75) is 51.1 Å². The molecule has 0 radical (unpaired) electrons. The molecule has 1 aromatic heterocycles. The van der Waals surface area contributed by atoms with E-state index in [0.29, 0.717) is 17.7 Å². The molecule has 0 aliphatic rings. The molecule has 0 atom stereocenters. The third kappa shape index (κ3) is 9.77. The summed E-state index contributed by atoms with van der Waals surface area (Å²) in [6, 6.07) is 8.09. The van der Waals surface area contributed by atoms with E-state index in [1.807, 2.05) is 0 Å². The van der Waals surface area contributed by atoms with Gasteiger partial charge in [0.1, 0.15) is 5.75 Å². The quantitative estimate of drug-likeness (QED) is 0.106. The van der Waals surface area contributed by atoms with Gasteiger partial charge in [-0.3, -0.25) is 4.79 Å². The third-order valence-corrected chi connectivity index (χ3v) is 7.25. The molecule has 0 bridgehead atoms. The number of rotatable bonds is 13. The smallest absolute Gasteiger partial charge is 0.416 e. The van der Waals surface area contributed by atoms with Crippen molar-refractivity contribution in [2.24, 2.45) is 0 Å². The van der Waals surface area contributed by atoms with Gasteiger partial charge in [0, 0.05) is 25.1 Å². The largest absolute Gasteiger partial charge is 0.496 e. The first kappa shape index (κ1) is 37.8. The van der Waals surface area contributed by atoms with Crippen LogP contribution in [0.4, 0.5) is 45.5 Å². The second-order valence-corrected chi connectivity index (χ2v) is 10.9. The number of anilines is 1. The van der Waals surface area contributed by atoms with Gasteiger partial charge >= 0.3 is 24.5 Å². The van der Waals surface area contributed by atoms with E-state index in [4.69, 9.17) is 14.6 Å². The van der Waals surface area contributed by atoms with Crippen molar-refractivity contribution in [3.63, 3.8) is 0 Å². The average molecular weight is 718 g/mol. The summed E-state index contributed by atoms with van der Waals surface area (Å²) in [5.74, 6) is -1.12. The van der Waals surface area contributed by atoms with Crippen LogP contribution < -0.4 is 14.4 Å². The van der Waals surface area contributed by atoms with Crippen LogP contribution in [0, 0.1) is 0 Å². The lowest BCUT2D eigenvalue weighted by Crippen LogP contribution is -2.25. The monoisotopic (exact) mass is 717 g/mol. The van der Waals surface area contributed by atoms with Crippen molar-refractivity contribution in [1.82, 2.24) is 9.97 Å². The molecule has 8 nitrogen and oxygen atoms in total. The molecule has 268 valence electrons. The van der Waals surface area contributed by atoms with Crippen LogP contribution in [0.2, 0.25) is 0 Å². The molecule has 0 fully saturated rings. The van der Waals surface area contributed by atoms with Crippen LogP contribution in [-0.2, 0) is 43.0 Å². The SMILES string of the molecule is COc1ccc(CO)cc1-c1ccc(C(F)(F)F)cc1CN(Cc1cc(C(F)(F)F)cc(C(F)(F)F)c1)c1ncc(OCCCC(=O)O)cn1. The fourth-order valence-corrected chi connectivity index (χ4v) is 4.92. The molecule has 0 unspecified atom stereocenters. The van der Waals surface area contributed by atoms with E-state index in [2.05, 4.69) is 9.97 Å². The highest BCUT2D eigenvalue weighted by Crippen LogP contribution is 2.40. The number of nitrogens with zero attached hydrogens (tertiary/aromatic N) is 3. The Balaban J connectivity index is 1.86. The van der Waals surface area contributed by atoms with Crippen molar-refractivity contribution in [3.05, 3.63) is 100 Å². The second kappa shape index (κ2) is 15.2. The predicted molar refractivity (Wildman–Crippen MR) is 160 cm³/mol. The van der Waals surface area contributed by atoms with Gasteiger partial charge in [0.15, 0.2) is 5.75 Å². The Morgan fingerprint density at radius 1 is 0.760 bits per heavy atom. The maximum atomic E-state index is 13.9. The summed E-state index contributed by atoms with van der Waals surface area (Å²) in [6.07, 6.45) is -13.0. The number of hydrogen-bond donors (Lipinski definition) is 2. The molecule has 4 aromatic rings. The Kier molecular flexibility index (Phi) is 11.5. The summed E-state index contributed by atoms with van der Waals surface area (Å²) in [5, 5.41) is 18.5. The molecular weight excluding hydrogens is 689 g/mol. The second-order valence-electron chi connectivity index (χ2n) is 10.9. The van der Waals surface area contributed by atoms with Crippen LogP contribution in [0.5, 0.6) is 11.5 Å². The summed E-state index contributed by atoms with van der Waals surface area (Å²) in [7, 11) is 1.30. The number of carbonyl (C=O) groups is 1. The van der Waals surface area contributed by atoms with E-state index in [1.54, 1.807) is 0 Å². The van der Waals surface area contributed by atoms with Crippen LogP contribution in [0.25, 0.3) is 11.1 Å². The van der Waals surface area contributed by atoms with Crippen LogP contribution in [0.1, 0.15) is 46.2 Å². The third-order valence-electron chi connectivity index (χ3n) is 7.25. The molecule has 0 saturated carbocycles. The molecule has 0 aliphatic carbocycles. The number of alkyl halides is 9. The molecule has 50 heavy (non-hydrogen) atoms. The van der Waals surface area contributed by atoms with Crippen molar-refractivity contribution in [2.75, 3.05) is 18.6 Å².